The van der Waals surface area contributed by atoms with Gasteiger partial charge in [0.1, 0.15) is 18.1 Å². The zero-order valence-electron chi connectivity index (χ0n) is 12.2. The summed E-state index contributed by atoms with van der Waals surface area (Å²) in [5.74, 6) is -1.53. The van der Waals surface area contributed by atoms with E-state index in [1.54, 1.807) is 19.1 Å². The summed E-state index contributed by atoms with van der Waals surface area (Å²) in [5.41, 5.74) is 1.02. The second-order valence-electron chi connectivity index (χ2n) is 4.60. The van der Waals surface area contributed by atoms with Crippen molar-refractivity contribution in [3.05, 3.63) is 53.6 Å². The Kier molecular flexibility index (Phi) is 4.98. The minimum Gasteiger partial charge on any atom is -0.480 e. The number of anilines is 1. The Hall–Kier alpha value is -3.29. The minimum absolute atomic E-state index is 0.237. The van der Waals surface area contributed by atoms with Crippen LogP contribution in [0.2, 0.25) is 0 Å². The lowest BCUT2D eigenvalue weighted by atomic mass is 10.2. The van der Waals surface area contributed by atoms with Gasteiger partial charge in [-0.25, -0.2) is 9.97 Å². The number of aromatic nitrogens is 2. The van der Waals surface area contributed by atoms with Crippen LogP contribution in [-0.2, 0) is 4.79 Å². The van der Waals surface area contributed by atoms with Crippen molar-refractivity contribution in [1.29, 1.82) is 0 Å². The van der Waals surface area contributed by atoms with E-state index in [0.717, 1.165) is 0 Å². The number of carbonyl (C=O) groups is 3. The summed E-state index contributed by atoms with van der Waals surface area (Å²) in [6.45, 7) is 1.23. The van der Waals surface area contributed by atoms with E-state index in [0.29, 0.717) is 17.1 Å². The van der Waals surface area contributed by atoms with Gasteiger partial charge in [-0.1, -0.05) is 0 Å². The van der Waals surface area contributed by atoms with Gasteiger partial charge in [0.2, 0.25) is 0 Å². The molecular formula is C15H14N4O4. The molecule has 0 aliphatic rings. The second-order valence-corrected chi connectivity index (χ2v) is 4.60. The van der Waals surface area contributed by atoms with Crippen molar-refractivity contribution in [2.75, 3.05) is 11.9 Å². The van der Waals surface area contributed by atoms with E-state index in [2.05, 4.69) is 20.6 Å². The number of hydrogen-bond acceptors (Lipinski definition) is 5. The number of carbonyl (C=O) groups excluding carboxylic acids is 2. The quantitative estimate of drug-likeness (QED) is 0.752. The molecule has 23 heavy (non-hydrogen) atoms. The fourth-order valence-electron chi connectivity index (χ4n) is 1.74. The summed E-state index contributed by atoms with van der Waals surface area (Å²) in [5, 5.41) is 13.4. The zero-order valence-corrected chi connectivity index (χ0v) is 12.2. The Morgan fingerprint density at radius 2 is 1.78 bits per heavy atom. The van der Waals surface area contributed by atoms with Crippen LogP contribution in [0.4, 0.5) is 5.69 Å². The maximum absolute atomic E-state index is 12.0. The van der Waals surface area contributed by atoms with Gasteiger partial charge in [-0.2, -0.15) is 0 Å². The summed E-state index contributed by atoms with van der Waals surface area (Å²) in [6, 6.07) is 7.55. The number of rotatable bonds is 5. The summed E-state index contributed by atoms with van der Waals surface area (Å²) in [6.07, 6.45) is 1.49. The maximum Gasteiger partial charge on any atom is 0.322 e. The number of nitrogens with one attached hydrogen (secondary N) is 2. The molecule has 0 spiro atoms. The first-order valence-electron chi connectivity index (χ1n) is 6.67. The SMILES string of the molecule is Cc1nccc(C(=O)Nc2ccc(C(=O)NCC(=O)O)cc2)n1. The molecule has 3 N–H and O–H groups in total. The number of aliphatic carboxylic acids is 1. The van der Waals surface area contributed by atoms with Gasteiger partial charge in [-0.15, -0.1) is 0 Å². The fourth-order valence-corrected chi connectivity index (χ4v) is 1.74. The smallest absolute Gasteiger partial charge is 0.322 e. The Morgan fingerprint density at radius 3 is 2.39 bits per heavy atom. The van der Waals surface area contributed by atoms with Crippen LogP contribution in [0.1, 0.15) is 26.7 Å². The second kappa shape index (κ2) is 7.12. The average Bonchev–Trinajstić information content (AvgIpc) is 2.53. The van der Waals surface area contributed by atoms with Crippen molar-refractivity contribution in [2.24, 2.45) is 0 Å². The van der Waals surface area contributed by atoms with Gasteiger partial charge in [0.15, 0.2) is 0 Å². The van der Waals surface area contributed by atoms with Crippen LogP contribution in [0, 0.1) is 6.92 Å². The first-order chi connectivity index (χ1) is 11.0. The third-order valence-electron chi connectivity index (χ3n) is 2.81. The molecule has 2 rings (SSSR count). The molecule has 0 saturated heterocycles. The Labute approximate surface area is 131 Å². The highest BCUT2D eigenvalue weighted by Gasteiger charge is 2.10. The predicted octanol–water partition coefficient (Wildman–Crippen LogP) is 0.852. The van der Waals surface area contributed by atoms with Crippen LogP contribution in [0.15, 0.2) is 36.5 Å². The van der Waals surface area contributed by atoms with E-state index < -0.39 is 24.3 Å². The molecule has 1 aromatic carbocycles. The van der Waals surface area contributed by atoms with Crippen LogP contribution in [0.3, 0.4) is 0 Å². The zero-order chi connectivity index (χ0) is 16.8. The molecule has 1 heterocycles. The summed E-state index contributed by atoms with van der Waals surface area (Å²) in [4.78, 5) is 42.0. The number of benzene rings is 1. The van der Waals surface area contributed by atoms with Crippen LogP contribution in [0.25, 0.3) is 0 Å². The van der Waals surface area contributed by atoms with Crippen molar-refractivity contribution in [3.8, 4) is 0 Å². The number of aryl methyl sites for hydroxylation is 1. The Balaban J connectivity index is 2.01. The molecule has 0 saturated carbocycles. The number of nitrogens with zero attached hydrogens (tertiary/aromatic N) is 2. The lowest BCUT2D eigenvalue weighted by Crippen LogP contribution is -2.29. The largest absolute Gasteiger partial charge is 0.480 e. The van der Waals surface area contributed by atoms with Gasteiger partial charge in [0, 0.05) is 17.4 Å². The molecule has 118 valence electrons. The molecular weight excluding hydrogens is 300 g/mol. The van der Waals surface area contributed by atoms with E-state index in [9.17, 15) is 14.4 Å². The maximum atomic E-state index is 12.0. The molecule has 0 aliphatic carbocycles. The van der Waals surface area contributed by atoms with Crippen molar-refractivity contribution >= 4 is 23.5 Å². The monoisotopic (exact) mass is 314 g/mol. The van der Waals surface area contributed by atoms with Crippen molar-refractivity contribution in [2.45, 2.75) is 6.92 Å². The molecule has 8 nitrogen and oxygen atoms in total. The summed E-state index contributed by atoms with van der Waals surface area (Å²) < 4.78 is 0. The fraction of sp³-hybridized carbons (Fsp3) is 0.133. The molecule has 8 heteroatoms. The van der Waals surface area contributed by atoms with Crippen molar-refractivity contribution < 1.29 is 19.5 Å². The van der Waals surface area contributed by atoms with Gasteiger partial charge in [0.05, 0.1) is 0 Å². The first kappa shape index (κ1) is 16.1. The Morgan fingerprint density at radius 1 is 1.09 bits per heavy atom. The van der Waals surface area contributed by atoms with Gasteiger partial charge in [-0.05, 0) is 37.3 Å². The minimum atomic E-state index is -1.12. The van der Waals surface area contributed by atoms with Gasteiger partial charge >= 0.3 is 5.97 Å². The number of carboxylic acids is 1. The molecule has 2 amide bonds. The van der Waals surface area contributed by atoms with Gasteiger partial charge in [0.25, 0.3) is 11.8 Å². The highest BCUT2D eigenvalue weighted by atomic mass is 16.4. The van der Waals surface area contributed by atoms with Crippen LogP contribution in [-0.4, -0.2) is 39.4 Å². The van der Waals surface area contributed by atoms with Crippen molar-refractivity contribution in [1.82, 2.24) is 15.3 Å². The van der Waals surface area contributed by atoms with E-state index in [-0.39, 0.29) is 5.69 Å². The standard InChI is InChI=1S/C15H14N4O4/c1-9-16-7-6-12(18-9)15(23)19-11-4-2-10(3-5-11)14(22)17-8-13(20)21/h2-7H,8H2,1H3,(H,17,22)(H,19,23)(H,20,21). The number of amides is 2. The lowest BCUT2D eigenvalue weighted by Gasteiger charge is -2.06. The third-order valence-corrected chi connectivity index (χ3v) is 2.81. The number of hydrogen-bond donors (Lipinski definition) is 3. The highest BCUT2D eigenvalue weighted by Crippen LogP contribution is 2.11. The first-order valence-corrected chi connectivity index (χ1v) is 6.67. The highest BCUT2D eigenvalue weighted by molar-refractivity contribution is 6.03. The van der Waals surface area contributed by atoms with Crippen LogP contribution < -0.4 is 10.6 Å². The average molecular weight is 314 g/mol. The lowest BCUT2D eigenvalue weighted by molar-refractivity contribution is -0.135. The summed E-state index contributed by atoms with van der Waals surface area (Å²) >= 11 is 0. The van der Waals surface area contributed by atoms with E-state index in [4.69, 9.17) is 5.11 Å². The molecule has 0 radical (unpaired) electrons. The predicted molar refractivity (Wildman–Crippen MR) is 81.1 cm³/mol. The third kappa shape index (κ3) is 4.60. The van der Waals surface area contributed by atoms with Gasteiger partial charge in [-0.3, -0.25) is 14.4 Å². The molecule has 0 fully saturated rings. The van der Waals surface area contributed by atoms with E-state index in [1.165, 1.54) is 24.4 Å². The van der Waals surface area contributed by atoms with Crippen molar-refractivity contribution in [3.63, 3.8) is 0 Å². The molecule has 0 atom stereocenters. The van der Waals surface area contributed by atoms with Crippen LogP contribution in [0.5, 0.6) is 0 Å². The van der Waals surface area contributed by atoms with E-state index >= 15 is 0 Å². The summed E-state index contributed by atoms with van der Waals surface area (Å²) in [7, 11) is 0. The Bertz CT molecular complexity index is 743. The normalized spacial score (nSPS) is 9.96. The van der Waals surface area contributed by atoms with E-state index in [1.807, 2.05) is 0 Å². The van der Waals surface area contributed by atoms with Crippen LogP contribution >= 0.6 is 0 Å². The molecule has 2 aromatic rings. The topological polar surface area (TPSA) is 121 Å². The molecule has 0 unspecified atom stereocenters. The molecule has 1 aromatic heterocycles. The van der Waals surface area contributed by atoms with Gasteiger partial charge < -0.3 is 15.7 Å². The molecule has 0 aliphatic heterocycles. The molecule has 0 bridgehead atoms. The number of carboxylic acid groups (broad SMARTS) is 1.